The Hall–Kier alpha value is -1.64. The van der Waals surface area contributed by atoms with Crippen molar-refractivity contribution >= 4 is 49.2 Å². The largest absolute Gasteiger partial charge is 0.481 e. The molecule has 0 aliphatic heterocycles. The third-order valence-corrected chi connectivity index (χ3v) is 6.00. The Morgan fingerprint density at radius 2 is 1.84 bits per heavy atom. The van der Waals surface area contributed by atoms with Gasteiger partial charge in [0.25, 0.3) is 10.0 Å². The maximum atomic E-state index is 13.4. The molecule has 2 aromatic carbocycles. The zero-order chi connectivity index (χ0) is 18.6. The Morgan fingerprint density at radius 3 is 2.40 bits per heavy atom. The molecule has 1 N–H and O–H groups in total. The molecule has 5 nitrogen and oxygen atoms in total. The summed E-state index contributed by atoms with van der Waals surface area (Å²) in [5.41, 5.74) is 0.166. The molecule has 2 aromatic rings. The number of rotatable bonds is 7. The Labute approximate surface area is 158 Å². The van der Waals surface area contributed by atoms with Crippen LogP contribution in [0.4, 0.5) is 10.1 Å². The van der Waals surface area contributed by atoms with Gasteiger partial charge in [0.1, 0.15) is 5.82 Å². The van der Waals surface area contributed by atoms with Gasteiger partial charge in [-0.05, 0) is 48.9 Å². The summed E-state index contributed by atoms with van der Waals surface area (Å²) >= 11 is 9.00. The van der Waals surface area contributed by atoms with Gasteiger partial charge in [-0.3, -0.25) is 9.10 Å². The van der Waals surface area contributed by atoms with E-state index in [1.165, 1.54) is 24.3 Å². The van der Waals surface area contributed by atoms with E-state index < -0.39 is 21.8 Å². The third-order valence-electron chi connectivity index (χ3n) is 3.34. The number of aliphatic carboxylic acids is 1. The molecule has 0 fully saturated rings. The van der Waals surface area contributed by atoms with E-state index >= 15 is 0 Å². The van der Waals surface area contributed by atoms with Crippen molar-refractivity contribution in [1.29, 1.82) is 0 Å². The minimum Gasteiger partial charge on any atom is -0.481 e. The van der Waals surface area contributed by atoms with Crippen LogP contribution in [0.1, 0.15) is 12.8 Å². The number of carboxylic acids is 1. The molecule has 9 heteroatoms. The fourth-order valence-electron chi connectivity index (χ4n) is 2.14. The molecule has 25 heavy (non-hydrogen) atoms. The van der Waals surface area contributed by atoms with Gasteiger partial charge in [0.05, 0.1) is 15.6 Å². The molecule has 0 aromatic heterocycles. The Bertz CT molecular complexity index is 874. The first kappa shape index (κ1) is 19.7. The molecule has 0 atom stereocenters. The normalized spacial score (nSPS) is 11.3. The summed E-state index contributed by atoms with van der Waals surface area (Å²) in [6.45, 7) is -0.0767. The first-order chi connectivity index (χ1) is 11.7. The van der Waals surface area contributed by atoms with E-state index in [0.29, 0.717) is 4.47 Å². The number of anilines is 1. The highest BCUT2D eigenvalue weighted by molar-refractivity contribution is 9.10. The van der Waals surface area contributed by atoms with E-state index in [4.69, 9.17) is 16.7 Å². The Kier molecular flexibility index (Phi) is 6.42. The van der Waals surface area contributed by atoms with Crippen LogP contribution in [0, 0.1) is 5.82 Å². The van der Waals surface area contributed by atoms with Crippen molar-refractivity contribution in [3.63, 3.8) is 0 Å². The van der Waals surface area contributed by atoms with Crippen LogP contribution in [0.2, 0.25) is 5.02 Å². The fraction of sp³-hybridized carbons (Fsp3) is 0.188. The first-order valence-electron chi connectivity index (χ1n) is 7.17. The molecule has 0 spiro atoms. The number of benzene rings is 2. The summed E-state index contributed by atoms with van der Waals surface area (Å²) in [7, 11) is -3.96. The van der Waals surface area contributed by atoms with Crippen LogP contribution < -0.4 is 4.31 Å². The number of halogens is 3. The topological polar surface area (TPSA) is 74.7 Å². The first-order valence-corrected chi connectivity index (χ1v) is 9.78. The van der Waals surface area contributed by atoms with E-state index in [1.54, 1.807) is 12.1 Å². The van der Waals surface area contributed by atoms with Crippen molar-refractivity contribution in [2.24, 2.45) is 0 Å². The SMILES string of the molecule is O=C(O)CCCN(c1ccc(F)c(Cl)c1)S(=O)(=O)c1ccc(Br)cc1. The van der Waals surface area contributed by atoms with Crippen molar-refractivity contribution in [3.8, 4) is 0 Å². The predicted molar refractivity (Wildman–Crippen MR) is 97.0 cm³/mol. The Morgan fingerprint density at radius 1 is 1.20 bits per heavy atom. The average Bonchev–Trinajstić information content (AvgIpc) is 2.54. The zero-order valence-electron chi connectivity index (χ0n) is 12.8. The van der Waals surface area contributed by atoms with Gasteiger partial charge >= 0.3 is 5.97 Å². The fourth-order valence-corrected chi connectivity index (χ4v) is 4.07. The van der Waals surface area contributed by atoms with Gasteiger partial charge in [-0.2, -0.15) is 0 Å². The molecule has 0 radical (unpaired) electrons. The second-order valence-electron chi connectivity index (χ2n) is 5.13. The van der Waals surface area contributed by atoms with Gasteiger partial charge < -0.3 is 5.11 Å². The summed E-state index contributed by atoms with van der Waals surface area (Å²) in [6, 6.07) is 9.58. The molecule has 0 bridgehead atoms. The lowest BCUT2D eigenvalue weighted by atomic mass is 10.2. The Balaban J connectivity index is 2.43. The monoisotopic (exact) mass is 449 g/mol. The lowest BCUT2D eigenvalue weighted by Gasteiger charge is -2.24. The molecule has 0 unspecified atom stereocenters. The van der Waals surface area contributed by atoms with Gasteiger partial charge in [0.2, 0.25) is 0 Å². The minimum absolute atomic E-state index is 0.0338. The van der Waals surface area contributed by atoms with E-state index in [9.17, 15) is 17.6 Å². The molecule has 0 saturated carbocycles. The smallest absolute Gasteiger partial charge is 0.303 e. The van der Waals surface area contributed by atoms with Gasteiger partial charge in [-0.15, -0.1) is 0 Å². The molecule has 134 valence electrons. The van der Waals surface area contributed by atoms with Crippen LogP contribution in [-0.2, 0) is 14.8 Å². The minimum atomic E-state index is -3.96. The van der Waals surface area contributed by atoms with Gasteiger partial charge in [-0.25, -0.2) is 12.8 Å². The predicted octanol–water partition coefficient (Wildman–Crippen LogP) is 4.30. The molecular formula is C16H14BrClFNO4S. The number of carboxylic acid groups (broad SMARTS) is 1. The highest BCUT2D eigenvalue weighted by atomic mass is 79.9. The second kappa shape index (κ2) is 8.16. The molecule has 0 amide bonds. The van der Waals surface area contributed by atoms with Crippen LogP contribution in [0.3, 0.4) is 0 Å². The number of hydrogen-bond donors (Lipinski definition) is 1. The molecule has 0 heterocycles. The quantitative estimate of drug-likeness (QED) is 0.682. The van der Waals surface area contributed by atoms with E-state index in [1.807, 2.05) is 0 Å². The highest BCUT2D eigenvalue weighted by Crippen LogP contribution is 2.28. The zero-order valence-corrected chi connectivity index (χ0v) is 16.0. The lowest BCUT2D eigenvalue weighted by Crippen LogP contribution is -2.32. The summed E-state index contributed by atoms with van der Waals surface area (Å²) in [6.07, 6.45) is -0.0959. The third kappa shape index (κ3) is 4.93. The van der Waals surface area contributed by atoms with Crippen molar-refractivity contribution in [1.82, 2.24) is 0 Å². The summed E-state index contributed by atoms with van der Waals surface area (Å²) in [5.74, 6) is -1.70. The van der Waals surface area contributed by atoms with Crippen LogP contribution in [0.25, 0.3) is 0 Å². The van der Waals surface area contributed by atoms with Crippen molar-refractivity contribution in [3.05, 3.63) is 57.8 Å². The van der Waals surface area contributed by atoms with Gasteiger partial charge in [-0.1, -0.05) is 27.5 Å². The molecule has 0 aliphatic rings. The van der Waals surface area contributed by atoms with Crippen LogP contribution in [0.5, 0.6) is 0 Å². The number of hydrogen-bond acceptors (Lipinski definition) is 3. The van der Waals surface area contributed by atoms with Crippen molar-refractivity contribution in [2.45, 2.75) is 17.7 Å². The molecule has 2 rings (SSSR count). The van der Waals surface area contributed by atoms with Crippen LogP contribution >= 0.6 is 27.5 Å². The van der Waals surface area contributed by atoms with E-state index in [0.717, 1.165) is 10.4 Å². The number of sulfonamides is 1. The number of carbonyl (C=O) groups is 1. The molecular weight excluding hydrogens is 437 g/mol. The maximum Gasteiger partial charge on any atom is 0.303 e. The number of nitrogens with zero attached hydrogens (tertiary/aromatic N) is 1. The standard InChI is InChI=1S/C16H14BrClFNO4S/c17-11-3-6-13(7-4-11)25(23,24)20(9-1-2-16(21)22)12-5-8-15(19)14(18)10-12/h3-8,10H,1-2,9H2,(H,21,22). The van der Waals surface area contributed by atoms with Crippen molar-refractivity contribution < 1.29 is 22.7 Å². The summed E-state index contributed by atoms with van der Waals surface area (Å²) < 4.78 is 41.0. The van der Waals surface area contributed by atoms with Gasteiger partial charge in [0, 0.05) is 17.4 Å². The molecule has 0 aliphatic carbocycles. The van der Waals surface area contributed by atoms with Crippen molar-refractivity contribution in [2.75, 3.05) is 10.8 Å². The summed E-state index contributed by atoms with van der Waals surface area (Å²) in [4.78, 5) is 10.8. The highest BCUT2D eigenvalue weighted by Gasteiger charge is 2.25. The molecule has 0 saturated heterocycles. The van der Waals surface area contributed by atoms with E-state index in [2.05, 4.69) is 15.9 Å². The van der Waals surface area contributed by atoms with Crippen LogP contribution in [0.15, 0.2) is 51.8 Å². The maximum absolute atomic E-state index is 13.4. The second-order valence-corrected chi connectivity index (χ2v) is 8.31. The lowest BCUT2D eigenvalue weighted by molar-refractivity contribution is -0.137. The van der Waals surface area contributed by atoms with E-state index in [-0.39, 0.29) is 35.0 Å². The average molecular weight is 451 g/mol. The van der Waals surface area contributed by atoms with Gasteiger partial charge in [0.15, 0.2) is 0 Å². The van der Waals surface area contributed by atoms with Crippen LogP contribution in [-0.4, -0.2) is 26.0 Å². The summed E-state index contributed by atoms with van der Waals surface area (Å²) in [5, 5.41) is 8.57.